The van der Waals surface area contributed by atoms with Crippen molar-refractivity contribution in [3.05, 3.63) is 64.2 Å². The third-order valence-electron chi connectivity index (χ3n) is 8.02. The summed E-state index contributed by atoms with van der Waals surface area (Å²) in [6.45, 7) is 2.26. The maximum Gasteiger partial charge on any atom is 0.223 e. The summed E-state index contributed by atoms with van der Waals surface area (Å²) >= 11 is 6.57. The lowest BCUT2D eigenvalue weighted by atomic mass is 9.82. The van der Waals surface area contributed by atoms with Crippen molar-refractivity contribution in [3.63, 3.8) is 0 Å². The number of ether oxygens (including phenoxy) is 6. The summed E-state index contributed by atoms with van der Waals surface area (Å²) < 4.78 is 36.6. The molecular weight excluding hydrogens is 512 g/mol. The first-order chi connectivity index (χ1) is 18.4. The Balaban J connectivity index is 1.42. The first kappa shape index (κ1) is 27.8. The van der Waals surface area contributed by atoms with E-state index in [9.17, 15) is 10.2 Å². The van der Waals surface area contributed by atoms with E-state index in [-0.39, 0.29) is 6.61 Å². The van der Waals surface area contributed by atoms with Crippen LogP contribution in [0.1, 0.15) is 55.4 Å². The summed E-state index contributed by atoms with van der Waals surface area (Å²) in [5.74, 6) is -1.49. The number of aliphatic hydroxyl groups excluding tert-OH is 2. The number of benzene rings is 2. The van der Waals surface area contributed by atoms with Gasteiger partial charge in [-0.1, -0.05) is 35.9 Å². The average Bonchev–Trinajstić information content (AvgIpc) is 2.95. The normalized spacial score (nSPS) is 34.8. The second-order valence-corrected chi connectivity index (χ2v) is 10.6. The molecule has 8 nitrogen and oxygen atoms in total. The Bertz CT molecular complexity index is 1100. The van der Waals surface area contributed by atoms with Crippen LogP contribution in [0.2, 0.25) is 5.02 Å². The van der Waals surface area contributed by atoms with Crippen molar-refractivity contribution in [1.82, 2.24) is 0 Å². The minimum atomic E-state index is -1.16. The summed E-state index contributed by atoms with van der Waals surface area (Å²) in [5.41, 5.74) is 2.71. The van der Waals surface area contributed by atoms with Crippen molar-refractivity contribution >= 4 is 11.6 Å². The van der Waals surface area contributed by atoms with Crippen molar-refractivity contribution < 1.29 is 38.6 Å². The fraction of sp³-hybridized carbons (Fsp3) is 0.586. The number of methoxy groups -OCH3 is 2. The van der Waals surface area contributed by atoms with Gasteiger partial charge in [0.05, 0.1) is 13.2 Å². The highest BCUT2D eigenvalue weighted by Crippen LogP contribution is 2.52. The van der Waals surface area contributed by atoms with Crippen LogP contribution >= 0.6 is 11.6 Å². The molecule has 1 saturated carbocycles. The maximum absolute atomic E-state index is 11.6. The van der Waals surface area contributed by atoms with Gasteiger partial charge in [0.1, 0.15) is 36.3 Å². The molecule has 3 fully saturated rings. The number of rotatable bonds is 8. The molecule has 2 aliphatic heterocycles. The molecule has 2 heterocycles. The van der Waals surface area contributed by atoms with E-state index >= 15 is 0 Å². The van der Waals surface area contributed by atoms with Crippen molar-refractivity contribution in [1.29, 1.82) is 0 Å². The second-order valence-electron chi connectivity index (χ2n) is 10.2. The van der Waals surface area contributed by atoms with E-state index in [0.717, 1.165) is 35.3 Å². The van der Waals surface area contributed by atoms with E-state index in [0.29, 0.717) is 30.9 Å². The molecule has 2 aromatic rings. The van der Waals surface area contributed by atoms with Gasteiger partial charge in [-0.15, -0.1) is 0 Å². The van der Waals surface area contributed by atoms with Gasteiger partial charge in [0.25, 0.3) is 0 Å². The van der Waals surface area contributed by atoms with Gasteiger partial charge in [-0.25, -0.2) is 0 Å². The van der Waals surface area contributed by atoms with Gasteiger partial charge >= 0.3 is 0 Å². The quantitative estimate of drug-likeness (QED) is 0.507. The van der Waals surface area contributed by atoms with E-state index in [1.54, 1.807) is 14.2 Å². The lowest BCUT2D eigenvalue weighted by molar-refractivity contribution is -0.491. The lowest BCUT2D eigenvalue weighted by Crippen LogP contribution is -2.74. The summed E-state index contributed by atoms with van der Waals surface area (Å²) in [6.07, 6.45) is -0.599. The minimum Gasteiger partial charge on any atom is -0.494 e. The lowest BCUT2D eigenvalue weighted by Gasteiger charge is -2.60. The Hall–Kier alpha value is -1.75. The Kier molecular flexibility index (Phi) is 8.33. The molecule has 7 unspecified atom stereocenters. The molecule has 0 spiro atoms. The standard InChI is InChI=1S/C29H37ClO8/c1-4-35-21-10-7-18(8-11-21)15-20-16-19(9-12-22(20)30)25-24(32)27-26(23(17-31)36-25)37-28(33-2)13-5-6-14-29(28,34-3)38-27/h7-12,16,23-27,31-32H,4-6,13-15,17H2,1-3H3. The molecule has 0 amide bonds. The Morgan fingerprint density at radius 2 is 1.63 bits per heavy atom. The maximum atomic E-state index is 11.6. The highest BCUT2D eigenvalue weighted by Gasteiger charge is 2.66. The highest BCUT2D eigenvalue weighted by atomic mass is 35.5. The van der Waals surface area contributed by atoms with Crippen LogP contribution < -0.4 is 4.74 Å². The zero-order valence-electron chi connectivity index (χ0n) is 22.1. The largest absolute Gasteiger partial charge is 0.494 e. The predicted molar refractivity (Wildman–Crippen MR) is 140 cm³/mol. The molecule has 1 aliphatic carbocycles. The van der Waals surface area contributed by atoms with E-state index in [1.165, 1.54) is 0 Å². The number of aliphatic hydroxyl groups is 2. The van der Waals surface area contributed by atoms with Crippen LogP contribution in [0, 0.1) is 0 Å². The number of halogens is 1. The molecule has 2 N–H and O–H groups in total. The Labute approximate surface area is 228 Å². The average molecular weight is 549 g/mol. The van der Waals surface area contributed by atoms with Gasteiger partial charge in [0.15, 0.2) is 0 Å². The summed E-state index contributed by atoms with van der Waals surface area (Å²) in [4.78, 5) is 0. The van der Waals surface area contributed by atoms with E-state index in [1.807, 2.05) is 49.4 Å². The summed E-state index contributed by atoms with van der Waals surface area (Å²) in [6, 6.07) is 13.5. The number of hydrogen-bond acceptors (Lipinski definition) is 8. The van der Waals surface area contributed by atoms with Gasteiger partial charge in [-0.3, -0.25) is 0 Å². The van der Waals surface area contributed by atoms with Crippen molar-refractivity contribution in [3.8, 4) is 5.75 Å². The Morgan fingerprint density at radius 3 is 2.24 bits per heavy atom. The van der Waals surface area contributed by atoms with Crippen LogP contribution in [-0.2, 0) is 30.1 Å². The smallest absolute Gasteiger partial charge is 0.223 e. The van der Waals surface area contributed by atoms with Gasteiger partial charge in [-0.05, 0) is 61.1 Å². The molecule has 5 rings (SSSR count). The molecule has 7 atom stereocenters. The van der Waals surface area contributed by atoms with E-state index in [2.05, 4.69) is 0 Å². The molecule has 38 heavy (non-hydrogen) atoms. The van der Waals surface area contributed by atoms with Gasteiger partial charge < -0.3 is 38.6 Å². The van der Waals surface area contributed by atoms with Gasteiger partial charge in [-0.2, -0.15) is 0 Å². The van der Waals surface area contributed by atoms with Crippen LogP contribution in [0.25, 0.3) is 0 Å². The third-order valence-corrected chi connectivity index (χ3v) is 8.39. The molecule has 0 aromatic heterocycles. The summed E-state index contributed by atoms with van der Waals surface area (Å²) in [5, 5.41) is 22.4. The first-order valence-corrected chi connectivity index (χ1v) is 13.7. The topological polar surface area (TPSA) is 95.8 Å². The van der Waals surface area contributed by atoms with E-state index in [4.69, 9.17) is 40.0 Å². The van der Waals surface area contributed by atoms with Crippen LogP contribution in [0.15, 0.2) is 42.5 Å². The zero-order chi connectivity index (χ0) is 26.9. The van der Waals surface area contributed by atoms with Crippen molar-refractivity contribution in [2.45, 2.75) is 81.1 Å². The molecule has 2 aromatic carbocycles. The second kappa shape index (κ2) is 11.4. The molecule has 0 radical (unpaired) electrons. The molecule has 9 heteroatoms. The highest BCUT2D eigenvalue weighted by molar-refractivity contribution is 6.31. The minimum absolute atomic E-state index is 0.305. The van der Waals surface area contributed by atoms with Crippen molar-refractivity contribution in [2.75, 3.05) is 27.4 Å². The molecular formula is C29H37ClO8. The predicted octanol–water partition coefficient (Wildman–Crippen LogP) is 4.17. The van der Waals surface area contributed by atoms with Crippen molar-refractivity contribution in [2.24, 2.45) is 0 Å². The van der Waals surface area contributed by atoms with Gasteiger partial charge in [0, 0.05) is 32.1 Å². The Morgan fingerprint density at radius 1 is 0.974 bits per heavy atom. The van der Waals surface area contributed by atoms with Gasteiger partial charge in [0.2, 0.25) is 11.6 Å². The number of hydrogen-bond donors (Lipinski definition) is 2. The summed E-state index contributed by atoms with van der Waals surface area (Å²) in [7, 11) is 3.14. The molecule has 208 valence electrons. The molecule has 2 saturated heterocycles. The monoisotopic (exact) mass is 548 g/mol. The fourth-order valence-electron chi connectivity index (χ4n) is 6.07. The fourth-order valence-corrected chi connectivity index (χ4v) is 6.25. The number of fused-ring (bicyclic) bond motifs is 2. The first-order valence-electron chi connectivity index (χ1n) is 13.3. The molecule has 3 aliphatic rings. The molecule has 0 bridgehead atoms. The van der Waals surface area contributed by atoms with Crippen LogP contribution in [0.3, 0.4) is 0 Å². The zero-order valence-corrected chi connectivity index (χ0v) is 22.9. The van der Waals surface area contributed by atoms with Crippen LogP contribution in [0.5, 0.6) is 5.75 Å². The SMILES string of the molecule is CCOc1ccc(Cc2cc(C3OC(CO)C4OC5(OC)CCCCC5(OC)OC4C3O)ccc2Cl)cc1. The van der Waals surface area contributed by atoms with E-state index < -0.39 is 42.1 Å². The third kappa shape index (κ3) is 4.86. The van der Waals surface area contributed by atoms with Crippen LogP contribution in [0.4, 0.5) is 0 Å². The van der Waals surface area contributed by atoms with Crippen LogP contribution in [-0.4, -0.2) is 73.6 Å².